The fraction of sp³-hybridized carbons (Fsp3) is 0.769. The minimum atomic E-state index is 0.920. The molecule has 16 heavy (non-hydrogen) atoms. The number of H-pyrrole nitrogens is 1. The van der Waals surface area contributed by atoms with Crippen molar-refractivity contribution < 1.29 is 0 Å². The van der Waals surface area contributed by atoms with Crippen molar-refractivity contribution in [3.8, 4) is 0 Å². The standard InChI is InChI=1S/C13H23N3/c1-2-6-12(5-1)7-3-4-8-14-9-13-10-15-11-16-13/h10-12,14H,1-9H2,(H,15,16). The van der Waals surface area contributed by atoms with Crippen LogP contribution in [0.4, 0.5) is 0 Å². The number of aromatic amines is 1. The summed E-state index contributed by atoms with van der Waals surface area (Å²) in [5.74, 6) is 1.05. The molecule has 1 heterocycles. The molecule has 1 aromatic rings. The molecular weight excluding hydrogens is 198 g/mol. The molecule has 0 radical (unpaired) electrons. The van der Waals surface area contributed by atoms with Gasteiger partial charge >= 0.3 is 0 Å². The summed E-state index contributed by atoms with van der Waals surface area (Å²) in [5, 5.41) is 3.44. The van der Waals surface area contributed by atoms with Gasteiger partial charge in [-0.3, -0.25) is 0 Å². The highest BCUT2D eigenvalue weighted by molar-refractivity contribution is 4.92. The topological polar surface area (TPSA) is 40.7 Å². The van der Waals surface area contributed by atoms with Crippen molar-refractivity contribution in [2.24, 2.45) is 5.92 Å². The van der Waals surface area contributed by atoms with E-state index in [0.717, 1.165) is 19.0 Å². The third-order valence-corrected chi connectivity index (χ3v) is 3.56. The number of unbranched alkanes of at least 4 members (excludes halogenated alkanes) is 1. The Balaban J connectivity index is 1.43. The molecule has 3 nitrogen and oxygen atoms in total. The Hall–Kier alpha value is -0.830. The summed E-state index contributed by atoms with van der Waals surface area (Å²) in [5.41, 5.74) is 1.18. The average molecular weight is 221 g/mol. The van der Waals surface area contributed by atoms with Gasteiger partial charge < -0.3 is 10.3 Å². The Labute approximate surface area is 98.1 Å². The van der Waals surface area contributed by atoms with E-state index < -0.39 is 0 Å². The molecule has 0 saturated heterocycles. The molecule has 1 fully saturated rings. The molecule has 0 unspecified atom stereocenters. The molecular formula is C13H23N3. The second-order valence-electron chi connectivity index (χ2n) is 4.90. The summed E-state index contributed by atoms with van der Waals surface area (Å²) in [7, 11) is 0. The first-order valence-corrected chi connectivity index (χ1v) is 6.63. The van der Waals surface area contributed by atoms with Crippen molar-refractivity contribution in [3.05, 3.63) is 18.2 Å². The number of rotatable bonds is 7. The van der Waals surface area contributed by atoms with E-state index in [1.807, 2.05) is 6.20 Å². The van der Waals surface area contributed by atoms with E-state index in [9.17, 15) is 0 Å². The van der Waals surface area contributed by atoms with Crippen LogP contribution in [0, 0.1) is 5.92 Å². The predicted octanol–water partition coefficient (Wildman–Crippen LogP) is 2.86. The van der Waals surface area contributed by atoms with Crippen LogP contribution in [-0.2, 0) is 6.54 Å². The van der Waals surface area contributed by atoms with E-state index in [2.05, 4.69) is 15.3 Å². The summed E-state index contributed by atoms with van der Waals surface area (Å²) in [6.07, 6.45) is 13.7. The van der Waals surface area contributed by atoms with E-state index >= 15 is 0 Å². The van der Waals surface area contributed by atoms with Gasteiger partial charge in [-0.1, -0.05) is 38.5 Å². The maximum Gasteiger partial charge on any atom is 0.0922 e. The maximum absolute atomic E-state index is 3.99. The van der Waals surface area contributed by atoms with Gasteiger partial charge in [0.25, 0.3) is 0 Å². The van der Waals surface area contributed by atoms with Crippen LogP contribution in [0.25, 0.3) is 0 Å². The van der Waals surface area contributed by atoms with Crippen LogP contribution in [0.5, 0.6) is 0 Å². The zero-order valence-corrected chi connectivity index (χ0v) is 10.0. The van der Waals surface area contributed by atoms with Crippen LogP contribution in [-0.4, -0.2) is 16.5 Å². The summed E-state index contributed by atoms with van der Waals surface area (Å²) >= 11 is 0. The van der Waals surface area contributed by atoms with E-state index in [1.54, 1.807) is 6.33 Å². The molecule has 0 aromatic carbocycles. The number of imidazole rings is 1. The molecule has 0 aliphatic heterocycles. The molecule has 1 aliphatic rings. The molecule has 0 bridgehead atoms. The van der Waals surface area contributed by atoms with Gasteiger partial charge in [0.05, 0.1) is 6.33 Å². The van der Waals surface area contributed by atoms with Crippen LogP contribution in [0.15, 0.2) is 12.5 Å². The number of hydrogen-bond donors (Lipinski definition) is 2. The highest BCUT2D eigenvalue weighted by Gasteiger charge is 2.13. The van der Waals surface area contributed by atoms with Gasteiger partial charge in [0.2, 0.25) is 0 Å². The SMILES string of the molecule is c1ncc(CNCCCCC2CCCC2)[nH]1. The molecule has 0 amide bonds. The van der Waals surface area contributed by atoms with Crippen LogP contribution in [0.1, 0.15) is 50.6 Å². The Bertz CT molecular complexity index is 263. The van der Waals surface area contributed by atoms with E-state index in [1.165, 1.54) is 50.6 Å². The monoisotopic (exact) mass is 221 g/mol. The van der Waals surface area contributed by atoms with E-state index in [0.29, 0.717) is 0 Å². The lowest BCUT2D eigenvalue weighted by atomic mass is 10.0. The quantitative estimate of drug-likeness (QED) is 0.695. The smallest absolute Gasteiger partial charge is 0.0922 e. The average Bonchev–Trinajstić information content (AvgIpc) is 2.96. The lowest BCUT2D eigenvalue weighted by molar-refractivity contribution is 0.466. The first kappa shape index (κ1) is 11.6. The zero-order valence-electron chi connectivity index (χ0n) is 10.0. The van der Waals surface area contributed by atoms with Gasteiger partial charge in [0, 0.05) is 18.4 Å². The van der Waals surface area contributed by atoms with Crippen molar-refractivity contribution in [2.45, 2.75) is 51.5 Å². The minimum Gasteiger partial charge on any atom is -0.347 e. The third-order valence-electron chi connectivity index (χ3n) is 3.56. The summed E-state index contributed by atoms with van der Waals surface area (Å²) in [4.78, 5) is 7.09. The van der Waals surface area contributed by atoms with E-state index in [-0.39, 0.29) is 0 Å². The first-order chi connectivity index (χ1) is 7.95. The summed E-state index contributed by atoms with van der Waals surface area (Å²) in [6, 6.07) is 0. The van der Waals surface area contributed by atoms with Gasteiger partial charge in [0.15, 0.2) is 0 Å². The fourth-order valence-corrected chi connectivity index (χ4v) is 2.59. The first-order valence-electron chi connectivity index (χ1n) is 6.63. The van der Waals surface area contributed by atoms with E-state index in [4.69, 9.17) is 0 Å². The molecule has 1 aromatic heterocycles. The van der Waals surface area contributed by atoms with Gasteiger partial charge in [0.1, 0.15) is 0 Å². The molecule has 90 valence electrons. The Morgan fingerprint density at radius 1 is 1.31 bits per heavy atom. The normalized spacial score (nSPS) is 17.0. The highest BCUT2D eigenvalue weighted by Crippen LogP contribution is 2.28. The lowest BCUT2D eigenvalue weighted by Gasteiger charge is -2.08. The van der Waals surface area contributed by atoms with Crippen molar-refractivity contribution in [3.63, 3.8) is 0 Å². The van der Waals surface area contributed by atoms with Gasteiger partial charge in [-0.05, 0) is 18.9 Å². The second-order valence-corrected chi connectivity index (χ2v) is 4.90. The molecule has 1 saturated carbocycles. The Morgan fingerprint density at radius 2 is 2.19 bits per heavy atom. The summed E-state index contributed by atoms with van der Waals surface area (Å²) < 4.78 is 0. The van der Waals surface area contributed by atoms with Crippen molar-refractivity contribution in [2.75, 3.05) is 6.54 Å². The van der Waals surface area contributed by atoms with Crippen LogP contribution in [0.3, 0.4) is 0 Å². The molecule has 0 atom stereocenters. The number of nitrogens with zero attached hydrogens (tertiary/aromatic N) is 1. The number of hydrogen-bond acceptors (Lipinski definition) is 2. The summed E-state index contributed by atoms with van der Waals surface area (Å²) in [6.45, 7) is 2.05. The van der Waals surface area contributed by atoms with Crippen molar-refractivity contribution >= 4 is 0 Å². The highest BCUT2D eigenvalue weighted by atomic mass is 14.9. The van der Waals surface area contributed by atoms with Crippen molar-refractivity contribution in [1.82, 2.24) is 15.3 Å². The molecule has 2 rings (SSSR count). The molecule has 1 aliphatic carbocycles. The van der Waals surface area contributed by atoms with Crippen LogP contribution < -0.4 is 5.32 Å². The van der Waals surface area contributed by atoms with Gasteiger partial charge in [-0.15, -0.1) is 0 Å². The maximum atomic E-state index is 3.99. The minimum absolute atomic E-state index is 0.920. The molecule has 2 N–H and O–H groups in total. The van der Waals surface area contributed by atoms with Gasteiger partial charge in [-0.2, -0.15) is 0 Å². The zero-order chi connectivity index (χ0) is 11.1. The third kappa shape index (κ3) is 3.97. The Kier molecular flexibility index (Phi) is 4.87. The van der Waals surface area contributed by atoms with Crippen molar-refractivity contribution in [1.29, 1.82) is 0 Å². The molecule has 3 heteroatoms. The van der Waals surface area contributed by atoms with Gasteiger partial charge in [-0.25, -0.2) is 4.98 Å². The Morgan fingerprint density at radius 3 is 2.94 bits per heavy atom. The van der Waals surface area contributed by atoms with Crippen LogP contribution >= 0.6 is 0 Å². The largest absolute Gasteiger partial charge is 0.347 e. The number of aromatic nitrogens is 2. The van der Waals surface area contributed by atoms with Crippen LogP contribution in [0.2, 0.25) is 0 Å². The lowest BCUT2D eigenvalue weighted by Crippen LogP contribution is -2.15. The predicted molar refractivity (Wildman–Crippen MR) is 66.1 cm³/mol. The second kappa shape index (κ2) is 6.69. The fourth-order valence-electron chi connectivity index (χ4n) is 2.59. The number of nitrogens with one attached hydrogen (secondary N) is 2. The molecule has 0 spiro atoms.